The fraction of sp³-hybridized carbons (Fsp3) is 0.231. The Hall–Kier alpha value is -3.67. The topological polar surface area (TPSA) is 61.4 Å². The summed E-state index contributed by atoms with van der Waals surface area (Å²) in [5.41, 5.74) is 3.72. The first-order valence-electron chi connectivity index (χ1n) is 10.8. The van der Waals surface area contributed by atoms with E-state index in [0.717, 1.165) is 42.7 Å². The Balaban J connectivity index is 1.50. The van der Waals surface area contributed by atoms with Gasteiger partial charge in [0.2, 0.25) is 5.91 Å². The van der Waals surface area contributed by atoms with Crippen LogP contribution in [0.1, 0.15) is 34.3 Å². The summed E-state index contributed by atoms with van der Waals surface area (Å²) in [7, 11) is 0. The average Bonchev–Trinajstić information content (AvgIpc) is 3.34. The van der Waals surface area contributed by atoms with E-state index in [9.17, 15) is 14.0 Å². The molecule has 2 N–H and O–H groups in total. The maximum absolute atomic E-state index is 13.1. The third kappa shape index (κ3) is 5.52. The second-order valence-electron chi connectivity index (χ2n) is 7.95. The molecule has 1 aliphatic rings. The molecule has 164 valence electrons. The highest BCUT2D eigenvalue weighted by Gasteiger charge is 2.20. The number of nitrogens with zero attached hydrogens (tertiary/aromatic N) is 1. The molecule has 6 heteroatoms. The number of rotatable bonds is 7. The summed E-state index contributed by atoms with van der Waals surface area (Å²) in [6.07, 6.45) is 2.33. The van der Waals surface area contributed by atoms with Crippen molar-refractivity contribution in [2.75, 3.05) is 23.3 Å². The van der Waals surface area contributed by atoms with Gasteiger partial charge < -0.3 is 15.5 Å². The molecule has 3 aromatic rings. The monoisotopic (exact) mass is 431 g/mol. The van der Waals surface area contributed by atoms with Crippen LogP contribution in [0.25, 0.3) is 0 Å². The lowest BCUT2D eigenvalue weighted by Gasteiger charge is -2.22. The maximum Gasteiger partial charge on any atom is 0.253 e. The van der Waals surface area contributed by atoms with Crippen molar-refractivity contribution in [3.63, 3.8) is 0 Å². The van der Waals surface area contributed by atoms with E-state index in [1.54, 1.807) is 18.2 Å². The number of anilines is 2. The minimum Gasteiger partial charge on any atom is -0.371 e. The standard InChI is InChI=1S/C26H26FN3O2/c27-21-10-8-19(9-11-21)16-25(31)29-22-12-13-24(30-14-4-5-15-30)23(17-22)26(32)28-18-20-6-2-1-3-7-20/h1-3,6-13,17H,4-5,14-16,18H2,(H,28,32)(H,29,31). The Morgan fingerprint density at radius 1 is 0.875 bits per heavy atom. The number of amides is 2. The van der Waals surface area contributed by atoms with Gasteiger partial charge in [0.1, 0.15) is 5.82 Å². The van der Waals surface area contributed by atoms with Crippen LogP contribution in [0.3, 0.4) is 0 Å². The van der Waals surface area contributed by atoms with Crippen molar-refractivity contribution in [3.8, 4) is 0 Å². The second-order valence-corrected chi connectivity index (χ2v) is 7.95. The average molecular weight is 432 g/mol. The van der Waals surface area contributed by atoms with E-state index in [1.165, 1.54) is 12.1 Å². The van der Waals surface area contributed by atoms with Crippen molar-refractivity contribution in [3.05, 3.63) is 95.3 Å². The largest absolute Gasteiger partial charge is 0.371 e. The third-order valence-electron chi connectivity index (χ3n) is 5.55. The van der Waals surface area contributed by atoms with Gasteiger partial charge in [0.15, 0.2) is 0 Å². The summed E-state index contributed by atoms with van der Waals surface area (Å²) in [5, 5.41) is 5.85. The van der Waals surface area contributed by atoms with Crippen LogP contribution in [-0.4, -0.2) is 24.9 Å². The number of benzene rings is 3. The zero-order valence-electron chi connectivity index (χ0n) is 17.8. The van der Waals surface area contributed by atoms with Crippen LogP contribution in [0, 0.1) is 5.82 Å². The molecule has 0 aromatic heterocycles. The molecule has 4 rings (SSSR count). The summed E-state index contributed by atoms with van der Waals surface area (Å²) < 4.78 is 13.1. The van der Waals surface area contributed by atoms with Crippen molar-refractivity contribution >= 4 is 23.2 Å². The fourth-order valence-corrected chi connectivity index (χ4v) is 3.90. The first-order chi connectivity index (χ1) is 15.6. The van der Waals surface area contributed by atoms with E-state index in [1.807, 2.05) is 42.5 Å². The molecule has 0 saturated carbocycles. The second kappa shape index (κ2) is 10.1. The number of hydrogen-bond donors (Lipinski definition) is 2. The normalized spacial score (nSPS) is 13.1. The van der Waals surface area contributed by atoms with Crippen LogP contribution in [0.4, 0.5) is 15.8 Å². The summed E-state index contributed by atoms with van der Waals surface area (Å²) >= 11 is 0. The highest BCUT2D eigenvalue weighted by atomic mass is 19.1. The van der Waals surface area contributed by atoms with Crippen LogP contribution in [0.2, 0.25) is 0 Å². The van der Waals surface area contributed by atoms with Gasteiger partial charge in [-0.15, -0.1) is 0 Å². The van der Waals surface area contributed by atoms with Gasteiger partial charge in [-0.2, -0.15) is 0 Å². The molecule has 0 radical (unpaired) electrons. The molecule has 1 saturated heterocycles. The number of halogens is 1. The van der Waals surface area contributed by atoms with Crippen molar-refractivity contribution < 1.29 is 14.0 Å². The molecule has 0 aliphatic carbocycles. The minimum atomic E-state index is -0.335. The lowest BCUT2D eigenvalue weighted by atomic mass is 10.1. The van der Waals surface area contributed by atoms with Crippen molar-refractivity contribution in [2.24, 2.45) is 0 Å². The molecule has 2 amide bonds. The fourth-order valence-electron chi connectivity index (χ4n) is 3.90. The Labute approximate surface area is 187 Å². The summed E-state index contributed by atoms with van der Waals surface area (Å²) in [6.45, 7) is 2.25. The van der Waals surface area contributed by atoms with E-state index in [-0.39, 0.29) is 24.1 Å². The maximum atomic E-state index is 13.1. The molecule has 0 atom stereocenters. The van der Waals surface area contributed by atoms with Crippen LogP contribution < -0.4 is 15.5 Å². The molecule has 1 heterocycles. The summed E-state index contributed by atoms with van der Waals surface area (Å²) in [6, 6.07) is 21.1. The smallest absolute Gasteiger partial charge is 0.253 e. The first kappa shape index (κ1) is 21.6. The van der Waals surface area contributed by atoms with Crippen molar-refractivity contribution in [2.45, 2.75) is 25.8 Å². The zero-order valence-corrected chi connectivity index (χ0v) is 17.8. The van der Waals surface area contributed by atoms with E-state index < -0.39 is 0 Å². The van der Waals surface area contributed by atoms with E-state index in [0.29, 0.717) is 17.8 Å². The van der Waals surface area contributed by atoms with Crippen LogP contribution in [0.15, 0.2) is 72.8 Å². The Morgan fingerprint density at radius 2 is 1.59 bits per heavy atom. The van der Waals surface area contributed by atoms with Gasteiger partial charge in [0.05, 0.1) is 12.0 Å². The van der Waals surface area contributed by atoms with Gasteiger partial charge >= 0.3 is 0 Å². The highest BCUT2D eigenvalue weighted by Crippen LogP contribution is 2.28. The van der Waals surface area contributed by atoms with E-state index in [4.69, 9.17) is 0 Å². The summed E-state index contributed by atoms with van der Waals surface area (Å²) in [5.74, 6) is -0.732. The van der Waals surface area contributed by atoms with E-state index in [2.05, 4.69) is 15.5 Å². The lowest BCUT2D eigenvalue weighted by molar-refractivity contribution is -0.115. The molecule has 1 aliphatic heterocycles. The number of hydrogen-bond acceptors (Lipinski definition) is 3. The van der Waals surface area contributed by atoms with Gasteiger partial charge in [0, 0.05) is 31.0 Å². The van der Waals surface area contributed by atoms with Gasteiger partial charge in [0.25, 0.3) is 5.91 Å². The quantitative estimate of drug-likeness (QED) is 0.578. The van der Waals surface area contributed by atoms with Gasteiger partial charge in [-0.1, -0.05) is 42.5 Å². The summed E-state index contributed by atoms with van der Waals surface area (Å²) in [4.78, 5) is 27.8. The number of carbonyl (C=O) groups is 2. The first-order valence-corrected chi connectivity index (χ1v) is 10.8. The van der Waals surface area contributed by atoms with Crippen LogP contribution in [-0.2, 0) is 17.8 Å². The van der Waals surface area contributed by atoms with Crippen LogP contribution >= 0.6 is 0 Å². The van der Waals surface area contributed by atoms with Crippen LogP contribution in [0.5, 0.6) is 0 Å². The Morgan fingerprint density at radius 3 is 2.31 bits per heavy atom. The molecule has 3 aromatic carbocycles. The number of nitrogens with one attached hydrogen (secondary N) is 2. The molecule has 32 heavy (non-hydrogen) atoms. The zero-order chi connectivity index (χ0) is 22.3. The van der Waals surface area contributed by atoms with E-state index >= 15 is 0 Å². The molecule has 0 bridgehead atoms. The van der Waals surface area contributed by atoms with Crippen molar-refractivity contribution in [1.82, 2.24) is 5.32 Å². The molecule has 0 unspecified atom stereocenters. The Kier molecular flexibility index (Phi) is 6.80. The highest BCUT2D eigenvalue weighted by molar-refractivity contribution is 6.02. The predicted octanol–water partition coefficient (Wildman–Crippen LogP) is 4.54. The number of carbonyl (C=O) groups excluding carboxylic acids is 2. The molecule has 1 fully saturated rings. The molecule has 0 spiro atoms. The molecular formula is C26H26FN3O2. The van der Waals surface area contributed by atoms with Gasteiger partial charge in [-0.3, -0.25) is 9.59 Å². The molecule has 5 nitrogen and oxygen atoms in total. The lowest BCUT2D eigenvalue weighted by Crippen LogP contribution is -2.27. The van der Waals surface area contributed by atoms with Gasteiger partial charge in [-0.05, 0) is 54.3 Å². The molecular weight excluding hydrogens is 405 g/mol. The SMILES string of the molecule is O=C(Cc1ccc(F)cc1)Nc1ccc(N2CCCC2)c(C(=O)NCc2ccccc2)c1. The van der Waals surface area contributed by atoms with Crippen molar-refractivity contribution in [1.29, 1.82) is 0 Å². The predicted molar refractivity (Wildman–Crippen MR) is 124 cm³/mol. The van der Waals surface area contributed by atoms with Gasteiger partial charge in [-0.25, -0.2) is 4.39 Å². The Bertz CT molecular complexity index is 1080. The minimum absolute atomic E-state index is 0.129. The third-order valence-corrected chi connectivity index (χ3v) is 5.55.